The van der Waals surface area contributed by atoms with E-state index in [2.05, 4.69) is 49.0 Å². The first-order valence-electron chi connectivity index (χ1n) is 12.3. The summed E-state index contributed by atoms with van der Waals surface area (Å²) in [5.74, 6) is 1.78. The van der Waals surface area contributed by atoms with E-state index in [0.29, 0.717) is 6.61 Å². The summed E-state index contributed by atoms with van der Waals surface area (Å²) >= 11 is 4.86. The highest BCUT2D eigenvalue weighted by Gasteiger charge is 2.15. The number of benzene rings is 2. The number of nitrogens with zero attached hydrogens (tertiary/aromatic N) is 3. The topological polar surface area (TPSA) is 69.0 Å². The molecule has 0 fully saturated rings. The predicted octanol–water partition coefficient (Wildman–Crippen LogP) is 7.33. The summed E-state index contributed by atoms with van der Waals surface area (Å²) in [6, 6.07) is 13.8. The summed E-state index contributed by atoms with van der Waals surface area (Å²) in [4.78, 5) is 12.6. The molecule has 0 bridgehead atoms. The molecule has 1 amide bonds. The molecule has 3 rings (SSSR count). The molecule has 0 spiro atoms. The lowest BCUT2D eigenvalue weighted by Crippen LogP contribution is -2.15. The largest absolute Gasteiger partial charge is 0.486 e. The van der Waals surface area contributed by atoms with Crippen LogP contribution in [0.15, 0.2) is 52.1 Å². The normalized spacial score (nSPS) is 11.0. The van der Waals surface area contributed by atoms with Crippen molar-refractivity contribution in [2.45, 2.75) is 77.6 Å². The zero-order valence-corrected chi connectivity index (χ0v) is 23.3. The maximum absolute atomic E-state index is 12.6. The Balaban J connectivity index is 1.61. The van der Waals surface area contributed by atoms with Crippen LogP contribution in [0.2, 0.25) is 0 Å². The monoisotopic (exact) mass is 558 g/mol. The van der Waals surface area contributed by atoms with E-state index >= 15 is 0 Å². The van der Waals surface area contributed by atoms with Crippen molar-refractivity contribution in [2.75, 3.05) is 11.1 Å². The molecule has 1 N–H and O–H groups in total. The van der Waals surface area contributed by atoms with Crippen molar-refractivity contribution in [1.82, 2.24) is 14.8 Å². The molecular formula is C27H35BrN4O2S. The van der Waals surface area contributed by atoms with Crippen LogP contribution in [0, 0.1) is 13.8 Å². The fourth-order valence-electron chi connectivity index (χ4n) is 3.86. The van der Waals surface area contributed by atoms with Crippen LogP contribution in [-0.4, -0.2) is 26.4 Å². The highest BCUT2D eigenvalue weighted by Crippen LogP contribution is 2.22. The average Bonchev–Trinajstić information content (AvgIpc) is 3.20. The fraction of sp³-hybridized carbons (Fsp3) is 0.444. The Kier molecular flexibility index (Phi) is 11.1. The first-order chi connectivity index (χ1) is 16.9. The number of nitrogens with one attached hydrogen (secondary N) is 1. The van der Waals surface area contributed by atoms with E-state index < -0.39 is 0 Å². The van der Waals surface area contributed by atoms with Crippen LogP contribution < -0.4 is 10.1 Å². The van der Waals surface area contributed by atoms with Gasteiger partial charge >= 0.3 is 0 Å². The van der Waals surface area contributed by atoms with E-state index in [1.54, 1.807) is 0 Å². The molecule has 0 aliphatic carbocycles. The summed E-state index contributed by atoms with van der Waals surface area (Å²) in [7, 11) is 0. The van der Waals surface area contributed by atoms with Crippen LogP contribution in [0.4, 0.5) is 5.69 Å². The van der Waals surface area contributed by atoms with Gasteiger partial charge in [0.05, 0.1) is 5.75 Å². The minimum absolute atomic E-state index is 0.0539. The Morgan fingerprint density at radius 2 is 1.69 bits per heavy atom. The minimum atomic E-state index is -0.0539. The zero-order valence-electron chi connectivity index (χ0n) is 20.8. The van der Waals surface area contributed by atoms with Crippen molar-refractivity contribution >= 4 is 39.3 Å². The first kappa shape index (κ1) is 27.3. The third-order valence-corrected chi connectivity index (χ3v) is 7.04. The maximum atomic E-state index is 12.6. The number of thioether (sulfide) groups is 1. The van der Waals surface area contributed by atoms with Crippen molar-refractivity contribution in [3.63, 3.8) is 0 Å². The smallest absolute Gasteiger partial charge is 0.234 e. The first-order valence-corrected chi connectivity index (χ1v) is 14.0. The SMILES string of the molecule is CCCCCCCCn1c(COc2ccc(Br)cc2)nnc1SCC(=O)Nc1cc(C)cc(C)c1. The van der Waals surface area contributed by atoms with Gasteiger partial charge < -0.3 is 14.6 Å². The molecular weight excluding hydrogens is 524 g/mol. The molecule has 0 atom stereocenters. The Morgan fingerprint density at radius 1 is 1.00 bits per heavy atom. The number of carbonyl (C=O) groups is 1. The maximum Gasteiger partial charge on any atom is 0.234 e. The lowest BCUT2D eigenvalue weighted by atomic mass is 10.1. The van der Waals surface area contributed by atoms with Crippen molar-refractivity contribution in [3.05, 3.63) is 63.9 Å². The van der Waals surface area contributed by atoms with Gasteiger partial charge in [-0.2, -0.15) is 0 Å². The number of hydrogen-bond acceptors (Lipinski definition) is 5. The third kappa shape index (κ3) is 9.33. The summed E-state index contributed by atoms with van der Waals surface area (Å²) in [5.41, 5.74) is 3.08. The van der Waals surface area contributed by atoms with Crippen LogP contribution in [0.5, 0.6) is 5.75 Å². The molecule has 0 aliphatic rings. The van der Waals surface area contributed by atoms with Crippen LogP contribution in [0.25, 0.3) is 0 Å². The highest BCUT2D eigenvalue weighted by molar-refractivity contribution is 9.10. The molecule has 1 heterocycles. The molecule has 0 saturated carbocycles. The Morgan fingerprint density at radius 3 is 2.40 bits per heavy atom. The molecule has 188 valence electrons. The number of anilines is 1. The van der Waals surface area contributed by atoms with Gasteiger partial charge in [0.1, 0.15) is 12.4 Å². The van der Waals surface area contributed by atoms with Crippen molar-refractivity contribution in [3.8, 4) is 5.75 Å². The number of carbonyl (C=O) groups excluding carboxylic acids is 1. The van der Waals surface area contributed by atoms with Crippen LogP contribution in [0.1, 0.15) is 62.4 Å². The number of amides is 1. The van der Waals surface area contributed by atoms with E-state index in [-0.39, 0.29) is 11.7 Å². The summed E-state index contributed by atoms with van der Waals surface area (Å²) in [6.07, 6.45) is 7.27. The molecule has 0 aliphatic heterocycles. The quantitative estimate of drug-likeness (QED) is 0.166. The second kappa shape index (κ2) is 14.3. The highest BCUT2D eigenvalue weighted by atomic mass is 79.9. The number of ether oxygens (including phenoxy) is 1. The minimum Gasteiger partial charge on any atom is -0.486 e. The van der Waals surface area contributed by atoms with Gasteiger partial charge in [0, 0.05) is 16.7 Å². The average molecular weight is 560 g/mol. The predicted molar refractivity (Wildman–Crippen MR) is 147 cm³/mol. The number of halogens is 1. The summed E-state index contributed by atoms with van der Waals surface area (Å²) in [6.45, 7) is 7.44. The van der Waals surface area contributed by atoms with Gasteiger partial charge in [-0.1, -0.05) is 72.8 Å². The second-order valence-electron chi connectivity index (χ2n) is 8.77. The molecule has 3 aromatic rings. The van der Waals surface area contributed by atoms with Crippen molar-refractivity contribution in [2.24, 2.45) is 0 Å². The van der Waals surface area contributed by atoms with E-state index in [1.165, 1.54) is 43.9 Å². The number of hydrogen-bond donors (Lipinski definition) is 1. The Bertz CT molecular complexity index is 1070. The molecule has 0 radical (unpaired) electrons. The molecule has 6 nitrogen and oxygen atoms in total. The fourth-order valence-corrected chi connectivity index (χ4v) is 4.91. The van der Waals surface area contributed by atoms with Gasteiger partial charge in [0.15, 0.2) is 11.0 Å². The number of aryl methyl sites for hydroxylation is 2. The summed E-state index contributed by atoms with van der Waals surface area (Å²) in [5, 5.41) is 12.5. The van der Waals surface area contributed by atoms with E-state index in [0.717, 1.165) is 51.0 Å². The van der Waals surface area contributed by atoms with Crippen molar-refractivity contribution < 1.29 is 9.53 Å². The van der Waals surface area contributed by atoms with Gasteiger partial charge in [-0.05, 0) is 67.8 Å². The number of rotatable bonds is 14. The van der Waals surface area contributed by atoms with Gasteiger partial charge in [0.2, 0.25) is 5.91 Å². The Hall–Kier alpha value is -2.32. The Labute approximate surface area is 221 Å². The van der Waals surface area contributed by atoms with Crippen LogP contribution in [0.3, 0.4) is 0 Å². The van der Waals surface area contributed by atoms with Gasteiger partial charge in [-0.3, -0.25) is 4.79 Å². The molecule has 1 aromatic heterocycles. The molecule has 8 heteroatoms. The zero-order chi connectivity index (χ0) is 25.0. The molecule has 0 saturated heterocycles. The van der Waals surface area contributed by atoms with Crippen molar-refractivity contribution in [1.29, 1.82) is 0 Å². The van der Waals surface area contributed by atoms with Crippen LogP contribution in [-0.2, 0) is 17.9 Å². The van der Waals surface area contributed by atoms with Crippen LogP contribution >= 0.6 is 27.7 Å². The lowest BCUT2D eigenvalue weighted by molar-refractivity contribution is -0.113. The number of unbranched alkanes of at least 4 members (excludes halogenated alkanes) is 5. The van der Waals surface area contributed by atoms with E-state index in [4.69, 9.17) is 4.74 Å². The standard InChI is InChI=1S/C27H35BrN4O2S/c1-4-5-6-7-8-9-14-32-25(18-34-24-12-10-22(28)11-13-24)30-31-27(32)35-19-26(33)29-23-16-20(2)15-21(3)17-23/h10-13,15-17H,4-9,14,18-19H2,1-3H3,(H,29,33). The van der Waals surface area contributed by atoms with E-state index in [1.807, 2.05) is 50.2 Å². The molecule has 0 unspecified atom stereocenters. The molecule has 35 heavy (non-hydrogen) atoms. The van der Waals surface area contributed by atoms with Gasteiger partial charge in [-0.25, -0.2) is 0 Å². The van der Waals surface area contributed by atoms with Gasteiger partial charge in [-0.15, -0.1) is 10.2 Å². The molecule has 2 aromatic carbocycles. The second-order valence-corrected chi connectivity index (χ2v) is 10.6. The van der Waals surface area contributed by atoms with E-state index in [9.17, 15) is 4.79 Å². The number of aromatic nitrogens is 3. The third-order valence-electron chi connectivity index (χ3n) is 5.55. The van der Waals surface area contributed by atoms with Gasteiger partial charge in [0.25, 0.3) is 0 Å². The lowest BCUT2D eigenvalue weighted by Gasteiger charge is -2.12. The summed E-state index contributed by atoms with van der Waals surface area (Å²) < 4.78 is 9.07.